The maximum absolute atomic E-state index is 13.2. The number of likely N-dealkylation sites (tertiary alicyclic amines) is 1. The van der Waals surface area contributed by atoms with Crippen molar-refractivity contribution in [1.29, 1.82) is 0 Å². The molecule has 2 fully saturated rings. The number of imide groups is 1. The zero-order valence-electron chi connectivity index (χ0n) is 20.3. The first-order valence-corrected chi connectivity index (χ1v) is 12.5. The number of hydrogen-bond acceptors (Lipinski definition) is 4. The number of hydrogen-bond donors (Lipinski definition) is 1. The minimum atomic E-state index is -0.250. The molecule has 4 atom stereocenters. The van der Waals surface area contributed by atoms with Crippen molar-refractivity contribution in [3.8, 4) is 5.75 Å². The van der Waals surface area contributed by atoms with Crippen molar-refractivity contribution >= 4 is 17.9 Å². The van der Waals surface area contributed by atoms with Gasteiger partial charge in [0.25, 0.3) is 0 Å². The Kier molecular flexibility index (Phi) is 7.08. The summed E-state index contributed by atoms with van der Waals surface area (Å²) in [4.78, 5) is 27.8. The Hall–Kier alpha value is -2.40. The van der Waals surface area contributed by atoms with Crippen LogP contribution in [0.2, 0.25) is 0 Å². The molecule has 2 saturated heterocycles. The predicted molar refractivity (Wildman–Crippen MR) is 129 cm³/mol. The lowest BCUT2D eigenvalue weighted by Gasteiger charge is -2.33. The molecule has 1 aliphatic carbocycles. The number of carbonyl (C=O) groups is 2. The van der Waals surface area contributed by atoms with Crippen LogP contribution < -0.4 is 0 Å². The van der Waals surface area contributed by atoms with E-state index in [1.54, 1.807) is 12.1 Å². The number of ether oxygens (including phenoxy) is 1. The Morgan fingerprint density at radius 1 is 1.21 bits per heavy atom. The van der Waals surface area contributed by atoms with Gasteiger partial charge < -0.3 is 9.84 Å². The van der Waals surface area contributed by atoms with Gasteiger partial charge in [-0.2, -0.15) is 0 Å². The SMILES string of the molecule is CCCN1C(=O)[C@@H]2[C@@H](CC(C(C)C)=C3[C@@H](CC/C(=C/c4cccc(O)c4)CC)OC[C@@H]32)C1=O. The molecule has 178 valence electrons. The highest BCUT2D eigenvalue weighted by molar-refractivity contribution is 6.05. The van der Waals surface area contributed by atoms with Gasteiger partial charge in [-0.15, -0.1) is 0 Å². The predicted octanol–water partition coefficient (Wildman–Crippen LogP) is 5.35. The Labute approximate surface area is 197 Å². The van der Waals surface area contributed by atoms with Crippen molar-refractivity contribution in [3.63, 3.8) is 0 Å². The number of aromatic hydroxyl groups is 1. The van der Waals surface area contributed by atoms with E-state index in [9.17, 15) is 14.7 Å². The zero-order chi connectivity index (χ0) is 23.7. The van der Waals surface area contributed by atoms with Crippen LogP contribution >= 0.6 is 0 Å². The van der Waals surface area contributed by atoms with Crippen molar-refractivity contribution in [2.75, 3.05) is 13.2 Å². The van der Waals surface area contributed by atoms with Crippen LogP contribution in [0.3, 0.4) is 0 Å². The van der Waals surface area contributed by atoms with E-state index in [2.05, 4.69) is 26.8 Å². The normalized spacial score (nSPS) is 27.5. The fourth-order valence-electron chi connectivity index (χ4n) is 5.99. The highest BCUT2D eigenvalue weighted by atomic mass is 16.5. The molecular formula is C28H37NO4. The molecule has 1 N–H and O–H groups in total. The second-order valence-electron chi connectivity index (χ2n) is 10.0. The average Bonchev–Trinajstić information content (AvgIpc) is 3.31. The van der Waals surface area contributed by atoms with Crippen LogP contribution in [0.25, 0.3) is 6.08 Å². The van der Waals surface area contributed by atoms with Gasteiger partial charge in [-0.05, 0) is 61.3 Å². The molecule has 33 heavy (non-hydrogen) atoms. The number of amides is 2. The molecule has 0 unspecified atom stereocenters. The zero-order valence-corrected chi connectivity index (χ0v) is 20.3. The maximum Gasteiger partial charge on any atom is 0.233 e. The van der Waals surface area contributed by atoms with Gasteiger partial charge >= 0.3 is 0 Å². The van der Waals surface area contributed by atoms with Gasteiger partial charge in [-0.25, -0.2) is 0 Å². The van der Waals surface area contributed by atoms with E-state index < -0.39 is 0 Å². The molecule has 3 aliphatic rings. The molecule has 1 aromatic carbocycles. The first-order valence-electron chi connectivity index (χ1n) is 12.5. The summed E-state index contributed by atoms with van der Waals surface area (Å²) in [6.45, 7) is 9.61. The lowest BCUT2D eigenvalue weighted by molar-refractivity contribution is -0.140. The summed E-state index contributed by atoms with van der Waals surface area (Å²) in [5.74, 6) is 0.218. The van der Waals surface area contributed by atoms with Crippen LogP contribution in [0.5, 0.6) is 5.75 Å². The molecular weight excluding hydrogens is 414 g/mol. The smallest absolute Gasteiger partial charge is 0.233 e. The molecule has 0 spiro atoms. The second kappa shape index (κ2) is 9.84. The number of fused-ring (bicyclic) bond motifs is 3. The van der Waals surface area contributed by atoms with Gasteiger partial charge in [0.2, 0.25) is 11.8 Å². The van der Waals surface area contributed by atoms with E-state index >= 15 is 0 Å². The first-order chi connectivity index (χ1) is 15.8. The van der Waals surface area contributed by atoms with Crippen LogP contribution in [-0.4, -0.2) is 41.1 Å². The lowest BCUT2D eigenvalue weighted by atomic mass is 9.67. The molecule has 2 amide bonds. The fraction of sp³-hybridized carbons (Fsp3) is 0.571. The first kappa shape index (κ1) is 23.7. The Balaban J connectivity index is 1.56. The van der Waals surface area contributed by atoms with Crippen LogP contribution in [0.15, 0.2) is 41.0 Å². The third-order valence-electron chi connectivity index (χ3n) is 7.60. The van der Waals surface area contributed by atoms with Crippen molar-refractivity contribution in [3.05, 3.63) is 46.5 Å². The molecule has 5 heteroatoms. The van der Waals surface area contributed by atoms with Crippen molar-refractivity contribution in [2.24, 2.45) is 23.7 Å². The Morgan fingerprint density at radius 3 is 2.67 bits per heavy atom. The standard InChI is InChI=1S/C28H37NO4/c1-5-12-29-27(31)22-15-21(17(3)4)25-23(26(22)28(29)32)16-33-24(25)11-10-18(6-2)13-19-8-7-9-20(30)14-19/h7-9,13-14,17,22-24,26,30H,5-6,10-12,15-16H2,1-4H3/b18-13+/t22-,23+,24-,26-/m1/s1. The molecule has 0 saturated carbocycles. The van der Waals surface area contributed by atoms with Gasteiger partial charge in [0.05, 0.1) is 24.5 Å². The van der Waals surface area contributed by atoms with E-state index in [4.69, 9.17) is 4.74 Å². The third kappa shape index (κ3) is 4.52. The number of allylic oxidation sites excluding steroid dienone is 2. The van der Waals surface area contributed by atoms with Crippen molar-refractivity contribution < 1.29 is 19.4 Å². The number of carbonyl (C=O) groups excluding carboxylic acids is 2. The molecule has 0 bridgehead atoms. The fourth-order valence-corrected chi connectivity index (χ4v) is 5.99. The molecule has 4 rings (SSSR count). The minimum absolute atomic E-state index is 0.00982. The van der Waals surface area contributed by atoms with Crippen molar-refractivity contribution in [1.82, 2.24) is 4.90 Å². The monoisotopic (exact) mass is 451 g/mol. The number of phenols is 1. The molecule has 0 radical (unpaired) electrons. The van der Waals surface area contributed by atoms with E-state index in [-0.39, 0.29) is 41.4 Å². The van der Waals surface area contributed by atoms with E-state index in [0.717, 1.165) is 31.2 Å². The summed E-state index contributed by atoms with van der Waals surface area (Å²) in [6.07, 6.45) is 6.37. The van der Waals surface area contributed by atoms with Gasteiger partial charge in [0, 0.05) is 12.5 Å². The maximum atomic E-state index is 13.2. The summed E-state index contributed by atoms with van der Waals surface area (Å²) >= 11 is 0. The third-order valence-corrected chi connectivity index (χ3v) is 7.60. The highest BCUT2D eigenvalue weighted by Crippen LogP contribution is 2.51. The van der Waals surface area contributed by atoms with Gasteiger partial charge in [0.15, 0.2) is 0 Å². The molecule has 0 aromatic heterocycles. The Bertz CT molecular complexity index is 976. The van der Waals surface area contributed by atoms with Crippen LogP contribution in [0.4, 0.5) is 0 Å². The lowest BCUT2D eigenvalue weighted by Crippen LogP contribution is -2.35. The van der Waals surface area contributed by atoms with E-state index in [0.29, 0.717) is 25.5 Å². The number of rotatable bonds is 8. The topological polar surface area (TPSA) is 66.8 Å². The van der Waals surface area contributed by atoms with Crippen molar-refractivity contribution in [2.45, 2.75) is 65.9 Å². The second-order valence-corrected chi connectivity index (χ2v) is 10.0. The molecule has 5 nitrogen and oxygen atoms in total. The highest BCUT2D eigenvalue weighted by Gasteiger charge is 2.56. The molecule has 2 aliphatic heterocycles. The summed E-state index contributed by atoms with van der Waals surface area (Å²) in [6, 6.07) is 7.33. The summed E-state index contributed by atoms with van der Waals surface area (Å²) in [5.41, 5.74) is 4.96. The molecule has 2 heterocycles. The van der Waals surface area contributed by atoms with Gasteiger partial charge in [-0.1, -0.05) is 57.0 Å². The summed E-state index contributed by atoms with van der Waals surface area (Å²) in [5, 5.41) is 9.77. The summed E-state index contributed by atoms with van der Waals surface area (Å²) in [7, 11) is 0. The van der Waals surface area contributed by atoms with Gasteiger partial charge in [0.1, 0.15) is 5.75 Å². The number of benzene rings is 1. The number of phenolic OH excluding ortho intramolecular Hbond substituents is 1. The van der Waals surface area contributed by atoms with E-state index in [1.165, 1.54) is 21.6 Å². The Morgan fingerprint density at radius 2 is 2.00 bits per heavy atom. The summed E-state index contributed by atoms with van der Waals surface area (Å²) < 4.78 is 6.32. The number of nitrogens with zero attached hydrogens (tertiary/aromatic N) is 1. The quantitative estimate of drug-likeness (QED) is 0.427. The molecule has 1 aromatic rings. The van der Waals surface area contributed by atoms with Crippen LogP contribution in [0.1, 0.15) is 65.4 Å². The largest absolute Gasteiger partial charge is 0.508 e. The average molecular weight is 452 g/mol. The minimum Gasteiger partial charge on any atom is -0.508 e. The van der Waals surface area contributed by atoms with Crippen LogP contribution in [-0.2, 0) is 14.3 Å². The van der Waals surface area contributed by atoms with Gasteiger partial charge in [-0.3, -0.25) is 14.5 Å². The van der Waals surface area contributed by atoms with Crippen LogP contribution in [0, 0.1) is 23.7 Å². The van der Waals surface area contributed by atoms with E-state index in [1.807, 2.05) is 19.1 Å².